The summed E-state index contributed by atoms with van der Waals surface area (Å²) in [7, 11) is 3.59. The van der Waals surface area contributed by atoms with Gasteiger partial charge < -0.3 is 19.7 Å². The number of aromatic nitrogens is 2. The Kier molecular flexibility index (Phi) is 8.91. The molecule has 0 bridgehead atoms. The summed E-state index contributed by atoms with van der Waals surface area (Å²) in [6.07, 6.45) is 4.47. The third kappa shape index (κ3) is 6.61. The van der Waals surface area contributed by atoms with Crippen molar-refractivity contribution in [1.29, 1.82) is 0 Å². The number of nitrogens with zero attached hydrogens (tertiary/aromatic N) is 4. The zero-order valence-electron chi connectivity index (χ0n) is 16.8. The minimum Gasteiger partial charge on any atom is -0.385 e. The van der Waals surface area contributed by atoms with Crippen LogP contribution in [0.15, 0.2) is 11.1 Å². The fourth-order valence-corrected chi connectivity index (χ4v) is 3.35. The maximum atomic E-state index is 5.93. The average molecular weight is 366 g/mol. The molecule has 148 valence electrons. The third-order valence-corrected chi connectivity index (χ3v) is 4.73. The topological polar surface area (TPSA) is 63.9 Å². The molecule has 0 atom stereocenters. The van der Waals surface area contributed by atoms with E-state index in [1.807, 2.05) is 14.0 Å². The van der Waals surface area contributed by atoms with Crippen molar-refractivity contribution in [2.45, 2.75) is 52.2 Å². The minimum atomic E-state index is 0.368. The number of rotatable bonds is 9. The van der Waals surface area contributed by atoms with Crippen LogP contribution in [0.25, 0.3) is 0 Å². The van der Waals surface area contributed by atoms with E-state index in [2.05, 4.69) is 38.0 Å². The number of likely N-dealkylation sites (tertiary alicyclic amines) is 1. The maximum absolute atomic E-state index is 5.93. The molecule has 0 aromatic carbocycles. The molecule has 26 heavy (non-hydrogen) atoms. The van der Waals surface area contributed by atoms with Gasteiger partial charge in [-0.15, -0.1) is 0 Å². The Bertz CT molecular complexity index is 550. The fraction of sp³-hybridized carbons (Fsp3) is 0.789. The average Bonchev–Trinajstić information content (AvgIpc) is 2.97. The van der Waals surface area contributed by atoms with Gasteiger partial charge in [-0.05, 0) is 45.6 Å². The smallest absolute Gasteiger partial charge is 0.193 e. The SMILES string of the molecule is CN=C(NCCCn1nc(C)cc1C)N1CCC(OCCCOC)CC1. The van der Waals surface area contributed by atoms with Gasteiger partial charge in [-0.3, -0.25) is 9.67 Å². The molecule has 1 fully saturated rings. The van der Waals surface area contributed by atoms with Crippen LogP contribution in [0.3, 0.4) is 0 Å². The highest BCUT2D eigenvalue weighted by Gasteiger charge is 2.21. The van der Waals surface area contributed by atoms with Gasteiger partial charge in [-0.2, -0.15) is 5.10 Å². The molecule has 1 aromatic heterocycles. The Morgan fingerprint density at radius 1 is 1.27 bits per heavy atom. The van der Waals surface area contributed by atoms with Gasteiger partial charge in [0, 0.05) is 59.2 Å². The lowest BCUT2D eigenvalue weighted by molar-refractivity contribution is 0.00991. The lowest BCUT2D eigenvalue weighted by atomic mass is 10.1. The van der Waals surface area contributed by atoms with Crippen LogP contribution in [-0.4, -0.2) is 73.7 Å². The van der Waals surface area contributed by atoms with Crippen molar-refractivity contribution in [1.82, 2.24) is 20.0 Å². The lowest BCUT2D eigenvalue weighted by Crippen LogP contribution is -2.47. The molecule has 0 amide bonds. The van der Waals surface area contributed by atoms with Crippen molar-refractivity contribution in [2.75, 3.05) is 47.0 Å². The molecule has 2 heterocycles. The van der Waals surface area contributed by atoms with E-state index in [0.717, 1.165) is 76.7 Å². The predicted octanol–water partition coefficient (Wildman–Crippen LogP) is 1.98. The highest BCUT2D eigenvalue weighted by Crippen LogP contribution is 2.14. The standard InChI is InChI=1S/C19H35N5O2/c1-16-15-17(2)24(22-16)10-5-9-21-19(20-3)23-11-7-18(8-12-23)26-14-6-13-25-4/h15,18H,5-14H2,1-4H3,(H,20,21). The molecule has 0 unspecified atom stereocenters. The van der Waals surface area contributed by atoms with Gasteiger partial charge in [0.1, 0.15) is 0 Å². The number of aliphatic imine (C=N–C) groups is 1. The van der Waals surface area contributed by atoms with Crippen LogP contribution < -0.4 is 5.32 Å². The molecule has 1 aliphatic heterocycles. The Morgan fingerprint density at radius 2 is 2.04 bits per heavy atom. The largest absolute Gasteiger partial charge is 0.385 e. The van der Waals surface area contributed by atoms with Gasteiger partial charge in [-0.1, -0.05) is 0 Å². The van der Waals surface area contributed by atoms with Crippen molar-refractivity contribution in [3.63, 3.8) is 0 Å². The van der Waals surface area contributed by atoms with Crippen LogP contribution in [0, 0.1) is 13.8 Å². The summed E-state index contributed by atoms with van der Waals surface area (Å²) in [5.41, 5.74) is 2.30. The summed E-state index contributed by atoms with van der Waals surface area (Å²) < 4.78 is 13.1. The van der Waals surface area contributed by atoms with Gasteiger partial charge in [0.25, 0.3) is 0 Å². The third-order valence-electron chi connectivity index (χ3n) is 4.73. The zero-order chi connectivity index (χ0) is 18.8. The summed E-state index contributed by atoms with van der Waals surface area (Å²) in [5.74, 6) is 0.996. The molecular weight excluding hydrogens is 330 g/mol. The second-order valence-corrected chi connectivity index (χ2v) is 6.88. The Morgan fingerprint density at radius 3 is 2.65 bits per heavy atom. The number of aryl methyl sites for hydroxylation is 3. The quantitative estimate of drug-likeness (QED) is 0.412. The van der Waals surface area contributed by atoms with Gasteiger partial charge in [0.15, 0.2) is 5.96 Å². The lowest BCUT2D eigenvalue weighted by Gasteiger charge is -2.34. The molecule has 1 N–H and O–H groups in total. The van der Waals surface area contributed by atoms with E-state index in [4.69, 9.17) is 9.47 Å². The summed E-state index contributed by atoms with van der Waals surface area (Å²) in [6, 6.07) is 2.12. The number of methoxy groups -OCH3 is 1. The van der Waals surface area contributed by atoms with Crippen molar-refractivity contribution < 1.29 is 9.47 Å². The molecule has 7 nitrogen and oxygen atoms in total. The highest BCUT2D eigenvalue weighted by atomic mass is 16.5. The van der Waals surface area contributed by atoms with Crippen LogP contribution in [0.2, 0.25) is 0 Å². The van der Waals surface area contributed by atoms with E-state index in [0.29, 0.717) is 6.10 Å². The van der Waals surface area contributed by atoms with E-state index in [9.17, 15) is 0 Å². The van der Waals surface area contributed by atoms with Crippen molar-refractivity contribution in [2.24, 2.45) is 4.99 Å². The molecular formula is C19H35N5O2. The van der Waals surface area contributed by atoms with Gasteiger partial charge in [-0.25, -0.2) is 0 Å². The number of nitrogens with one attached hydrogen (secondary N) is 1. The first-order valence-corrected chi connectivity index (χ1v) is 9.71. The van der Waals surface area contributed by atoms with Crippen LogP contribution in [-0.2, 0) is 16.0 Å². The number of piperidine rings is 1. The zero-order valence-corrected chi connectivity index (χ0v) is 16.8. The summed E-state index contributed by atoms with van der Waals surface area (Å²) in [6.45, 7) is 9.52. The van der Waals surface area contributed by atoms with Crippen molar-refractivity contribution >= 4 is 5.96 Å². The highest BCUT2D eigenvalue weighted by molar-refractivity contribution is 5.79. The van der Waals surface area contributed by atoms with E-state index in [-0.39, 0.29) is 0 Å². The molecule has 0 spiro atoms. The second-order valence-electron chi connectivity index (χ2n) is 6.88. The van der Waals surface area contributed by atoms with Crippen LogP contribution >= 0.6 is 0 Å². The molecule has 2 rings (SSSR count). The number of guanidine groups is 1. The monoisotopic (exact) mass is 365 g/mol. The number of ether oxygens (including phenoxy) is 2. The molecule has 0 saturated carbocycles. The maximum Gasteiger partial charge on any atom is 0.193 e. The van der Waals surface area contributed by atoms with E-state index in [1.54, 1.807) is 7.11 Å². The molecule has 1 saturated heterocycles. The van der Waals surface area contributed by atoms with Crippen LogP contribution in [0.1, 0.15) is 37.1 Å². The second kappa shape index (κ2) is 11.2. The summed E-state index contributed by atoms with van der Waals surface area (Å²) in [5, 5.41) is 8.00. The predicted molar refractivity (Wildman–Crippen MR) is 105 cm³/mol. The van der Waals surface area contributed by atoms with E-state index >= 15 is 0 Å². The summed E-state index contributed by atoms with van der Waals surface area (Å²) >= 11 is 0. The molecule has 0 aliphatic carbocycles. The normalized spacial score (nSPS) is 16.3. The van der Waals surface area contributed by atoms with E-state index < -0.39 is 0 Å². The van der Waals surface area contributed by atoms with Gasteiger partial charge in [0.05, 0.1) is 11.8 Å². The number of hydrogen-bond donors (Lipinski definition) is 1. The Labute approximate surface area is 157 Å². The first-order chi connectivity index (χ1) is 12.6. The summed E-state index contributed by atoms with van der Waals surface area (Å²) in [4.78, 5) is 6.77. The Balaban J connectivity index is 1.64. The van der Waals surface area contributed by atoms with Gasteiger partial charge >= 0.3 is 0 Å². The molecule has 1 aliphatic rings. The first kappa shape index (κ1) is 20.7. The molecule has 0 radical (unpaired) electrons. The van der Waals surface area contributed by atoms with Crippen LogP contribution in [0.4, 0.5) is 0 Å². The molecule has 1 aromatic rings. The van der Waals surface area contributed by atoms with Crippen molar-refractivity contribution in [3.05, 3.63) is 17.5 Å². The Hall–Kier alpha value is -1.60. The van der Waals surface area contributed by atoms with Gasteiger partial charge in [0.2, 0.25) is 0 Å². The van der Waals surface area contributed by atoms with E-state index in [1.165, 1.54) is 5.69 Å². The fourth-order valence-electron chi connectivity index (χ4n) is 3.35. The van der Waals surface area contributed by atoms with Crippen molar-refractivity contribution in [3.8, 4) is 0 Å². The molecule has 7 heteroatoms. The minimum absolute atomic E-state index is 0.368. The van der Waals surface area contributed by atoms with Crippen LogP contribution in [0.5, 0.6) is 0 Å². The number of hydrogen-bond acceptors (Lipinski definition) is 4. The first-order valence-electron chi connectivity index (χ1n) is 9.71.